The number of hydrogen-bond acceptors (Lipinski definition) is 7. The number of hydrogen-bond donors (Lipinski definition) is 2. The van der Waals surface area contributed by atoms with Crippen LogP contribution in [0.25, 0.3) is 0 Å². The SMILES string of the molecule is COc1ccc(NC(=O)CN2C(=O)N[C@@H](c3ccc(SC)cc3)C3=C2COC3=O)cc1OC. The zero-order chi connectivity index (χ0) is 23.5. The highest BCUT2D eigenvalue weighted by atomic mass is 32.2. The van der Waals surface area contributed by atoms with Crippen LogP contribution in [0.4, 0.5) is 10.5 Å². The molecule has 0 radical (unpaired) electrons. The summed E-state index contributed by atoms with van der Waals surface area (Å²) in [7, 11) is 3.02. The van der Waals surface area contributed by atoms with E-state index in [1.807, 2.05) is 30.5 Å². The Morgan fingerprint density at radius 3 is 2.55 bits per heavy atom. The van der Waals surface area contributed by atoms with Gasteiger partial charge in [0.2, 0.25) is 5.91 Å². The number of carbonyl (C=O) groups is 3. The number of nitrogens with zero attached hydrogens (tertiary/aromatic N) is 1. The normalized spacial score (nSPS) is 17.3. The molecule has 0 saturated heterocycles. The molecule has 2 aromatic carbocycles. The summed E-state index contributed by atoms with van der Waals surface area (Å²) in [5.41, 5.74) is 1.98. The molecular formula is C23H23N3O6S. The Morgan fingerprint density at radius 1 is 1.15 bits per heavy atom. The van der Waals surface area contributed by atoms with Gasteiger partial charge >= 0.3 is 12.0 Å². The van der Waals surface area contributed by atoms with Gasteiger partial charge in [0.15, 0.2) is 11.5 Å². The van der Waals surface area contributed by atoms with Gasteiger partial charge in [-0.05, 0) is 36.1 Å². The molecule has 172 valence electrons. The second-order valence-corrected chi connectivity index (χ2v) is 8.18. The third-order valence-corrected chi connectivity index (χ3v) is 6.16. The number of benzene rings is 2. The number of rotatable bonds is 7. The van der Waals surface area contributed by atoms with E-state index in [4.69, 9.17) is 14.2 Å². The topological polar surface area (TPSA) is 106 Å². The Labute approximate surface area is 195 Å². The number of methoxy groups -OCH3 is 2. The number of nitrogens with one attached hydrogen (secondary N) is 2. The average molecular weight is 470 g/mol. The molecule has 0 bridgehead atoms. The second-order valence-electron chi connectivity index (χ2n) is 7.30. The Hall–Kier alpha value is -3.66. The van der Waals surface area contributed by atoms with Gasteiger partial charge in [0.1, 0.15) is 13.2 Å². The Kier molecular flexibility index (Phi) is 6.45. The first-order valence-corrected chi connectivity index (χ1v) is 11.3. The maximum atomic E-state index is 12.9. The summed E-state index contributed by atoms with van der Waals surface area (Å²) in [5.74, 6) is 0.0423. The number of anilines is 1. The van der Waals surface area contributed by atoms with Crippen LogP contribution < -0.4 is 20.1 Å². The minimum Gasteiger partial charge on any atom is -0.493 e. The molecule has 2 aliphatic heterocycles. The molecule has 4 rings (SSSR count). The first-order chi connectivity index (χ1) is 15.9. The average Bonchev–Trinajstić information content (AvgIpc) is 3.22. The van der Waals surface area contributed by atoms with Gasteiger partial charge in [-0.15, -0.1) is 11.8 Å². The predicted molar refractivity (Wildman–Crippen MR) is 122 cm³/mol. The summed E-state index contributed by atoms with van der Waals surface area (Å²) in [6.07, 6.45) is 1.97. The van der Waals surface area contributed by atoms with E-state index < -0.39 is 23.9 Å². The van der Waals surface area contributed by atoms with Crippen molar-refractivity contribution in [2.75, 3.05) is 38.9 Å². The third kappa shape index (κ3) is 4.47. The van der Waals surface area contributed by atoms with Crippen LogP contribution in [-0.4, -0.2) is 56.4 Å². The fourth-order valence-corrected chi connectivity index (χ4v) is 4.19. The summed E-state index contributed by atoms with van der Waals surface area (Å²) in [4.78, 5) is 40.4. The highest BCUT2D eigenvalue weighted by Crippen LogP contribution is 2.35. The lowest BCUT2D eigenvalue weighted by atomic mass is 9.96. The Balaban J connectivity index is 1.55. The molecule has 2 aliphatic rings. The summed E-state index contributed by atoms with van der Waals surface area (Å²) >= 11 is 1.60. The quantitative estimate of drug-likeness (QED) is 0.474. The lowest BCUT2D eigenvalue weighted by Gasteiger charge is -2.32. The molecule has 2 aromatic rings. The van der Waals surface area contributed by atoms with E-state index in [0.29, 0.717) is 28.5 Å². The van der Waals surface area contributed by atoms with Gasteiger partial charge in [-0.1, -0.05) is 12.1 Å². The molecule has 2 heterocycles. The fraction of sp³-hybridized carbons (Fsp3) is 0.261. The predicted octanol–water partition coefficient (Wildman–Crippen LogP) is 2.94. The van der Waals surface area contributed by atoms with Crippen molar-refractivity contribution in [3.05, 3.63) is 59.3 Å². The first kappa shape index (κ1) is 22.5. The zero-order valence-electron chi connectivity index (χ0n) is 18.3. The number of esters is 1. The standard InChI is InChI=1S/C23H23N3O6S/c1-30-17-9-6-14(10-18(17)31-2)24-19(27)11-26-16-12-32-22(28)20(16)21(25-23(26)29)13-4-7-15(33-3)8-5-13/h4-10,21H,11-12H2,1-3H3,(H,24,27)(H,25,29)/t21-/m0/s1. The van der Waals surface area contributed by atoms with Gasteiger partial charge in [0.05, 0.1) is 31.5 Å². The number of thioether (sulfide) groups is 1. The van der Waals surface area contributed by atoms with E-state index in [-0.39, 0.29) is 13.2 Å². The number of ether oxygens (including phenoxy) is 3. The van der Waals surface area contributed by atoms with Crippen LogP contribution in [-0.2, 0) is 14.3 Å². The van der Waals surface area contributed by atoms with Gasteiger partial charge < -0.3 is 24.8 Å². The molecule has 3 amide bonds. The van der Waals surface area contributed by atoms with Crippen molar-refractivity contribution in [1.82, 2.24) is 10.2 Å². The largest absolute Gasteiger partial charge is 0.493 e. The van der Waals surface area contributed by atoms with Crippen LogP contribution >= 0.6 is 11.8 Å². The van der Waals surface area contributed by atoms with Gasteiger partial charge in [-0.2, -0.15) is 0 Å². The van der Waals surface area contributed by atoms with Crippen LogP contribution in [0.5, 0.6) is 11.5 Å². The van der Waals surface area contributed by atoms with Crippen LogP contribution in [0, 0.1) is 0 Å². The second kappa shape index (κ2) is 9.45. The van der Waals surface area contributed by atoms with Crippen LogP contribution in [0.2, 0.25) is 0 Å². The lowest BCUT2D eigenvalue weighted by Crippen LogP contribution is -2.49. The van der Waals surface area contributed by atoms with Crippen LogP contribution in [0.3, 0.4) is 0 Å². The van der Waals surface area contributed by atoms with Crippen LogP contribution in [0.1, 0.15) is 11.6 Å². The third-order valence-electron chi connectivity index (χ3n) is 5.42. The molecule has 0 saturated carbocycles. The van der Waals surface area contributed by atoms with E-state index in [1.54, 1.807) is 30.0 Å². The van der Waals surface area contributed by atoms with E-state index in [2.05, 4.69) is 10.6 Å². The molecule has 0 unspecified atom stereocenters. The molecule has 0 aromatic heterocycles. The van der Waals surface area contributed by atoms with E-state index in [0.717, 1.165) is 10.5 Å². The summed E-state index contributed by atoms with van der Waals surface area (Å²) in [6, 6.07) is 11.4. The van der Waals surface area contributed by atoms with Gasteiger partial charge in [-0.25, -0.2) is 9.59 Å². The smallest absolute Gasteiger partial charge is 0.338 e. The molecular weight excluding hydrogens is 446 g/mol. The summed E-state index contributed by atoms with van der Waals surface area (Å²) in [5, 5.41) is 5.57. The van der Waals surface area contributed by atoms with Crippen LogP contribution in [0.15, 0.2) is 58.6 Å². The molecule has 9 nitrogen and oxygen atoms in total. The molecule has 2 N–H and O–H groups in total. The van der Waals surface area contributed by atoms with Crippen molar-refractivity contribution in [1.29, 1.82) is 0 Å². The van der Waals surface area contributed by atoms with Crippen molar-refractivity contribution in [3.8, 4) is 11.5 Å². The minimum atomic E-state index is -0.636. The molecule has 1 atom stereocenters. The molecule has 0 aliphatic carbocycles. The highest BCUT2D eigenvalue weighted by molar-refractivity contribution is 7.98. The van der Waals surface area contributed by atoms with Gasteiger partial charge in [0.25, 0.3) is 0 Å². The van der Waals surface area contributed by atoms with Gasteiger partial charge in [-0.3, -0.25) is 9.69 Å². The molecule has 33 heavy (non-hydrogen) atoms. The maximum Gasteiger partial charge on any atom is 0.338 e. The minimum absolute atomic E-state index is 0.0649. The zero-order valence-corrected chi connectivity index (χ0v) is 19.2. The van der Waals surface area contributed by atoms with Crippen molar-refractivity contribution < 1.29 is 28.6 Å². The molecule has 0 spiro atoms. The lowest BCUT2D eigenvalue weighted by molar-refractivity contribution is -0.136. The monoisotopic (exact) mass is 469 g/mol. The highest BCUT2D eigenvalue weighted by Gasteiger charge is 2.42. The van der Waals surface area contributed by atoms with E-state index >= 15 is 0 Å². The summed E-state index contributed by atoms with van der Waals surface area (Å²) in [6.45, 7) is -0.349. The maximum absolute atomic E-state index is 12.9. The fourth-order valence-electron chi connectivity index (χ4n) is 3.78. The van der Waals surface area contributed by atoms with Crippen molar-refractivity contribution in [3.63, 3.8) is 0 Å². The number of urea groups is 1. The molecule has 10 heteroatoms. The number of cyclic esters (lactones) is 1. The Morgan fingerprint density at radius 2 is 1.88 bits per heavy atom. The van der Waals surface area contributed by atoms with Crippen molar-refractivity contribution in [2.24, 2.45) is 0 Å². The molecule has 0 fully saturated rings. The van der Waals surface area contributed by atoms with E-state index in [1.165, 1.54) is 19.1 Å². The van der Waals surface area contributed by atoms with Crippen molar-refractivity contribution >= 4 is 35.4 Å². The Bertz CT molecular complexity index is 1130. The van der Waals surface area contributed by atoms with E-state index in [9.17, 15) is 14.4 Å². The van der Waals surface area contributed by atoms with Gasteiger partial charge in [0, 0.05) is 16.6 Å². The number of amides is 3. The number of carbonyl (C=O) groups excluding carboxylic acids is 3. The summed E-state index contributed by atoms with van der Waals surface area (Å²) < 4.78 is 15.7. The van der Waals surface area contributed by atoms with Crippen molar-refractivity contribution in [2.45, 2.75) is 10.9 Å². The first-order valence-electron chi connectivity index (χ1n) is 10.1.